The highest BCUT2D eigenvalue weighted by atomic mass is 79.9. The lowest BCUT2D eigenvalue weighted by atomic mass is 9.92. The lowest BCUT2D eigenvalue weighted by molar-refractivity contribution is -0.123. The minimum atomic E-state index is -0.340. The van der Waals surface area contributed by atoms with E-state index in [0.717, 1.165) is 12.8 Å². The van der Waals surface area contributed by atoms with Gasteiger partial charge in [-0.25, -0.2) is 0 Å². The smallest absolute Gasteiger partial charge is 0.254 e. The van der Waals surface area contributed by atoms with Crippen LogP contribution in [0.2, 0.25) is 0 Å². The lowest BCUT2D eigenvalue weighted by Gasteiger charge is -2.37. The van der Waals surface area contributed by atoms with Crippen LogP contribution in [0.3, 0.4) is 0 Å². The van der Waals surface area contributed by atoms with Gasteiger partial charge in [-0.3, -0.25) is 9.59 Å². The Morgan fingerprint density at radius 2 is 2.05 bits per heavy atom. The monoisotopic (exact) mass is 339 g/mol. The van der Waals surface area contributed by atoms with E-state index in [1.165, 1.54) is 0 Å². The van der Waals surface area contributed by atoms with Crippen LogP contribution in [-0.2, 0) is 4.79 Å². The van der Waals surface area contributed by atoms with Crippen molar-refractivity contribution in [1.82, 2.24) is 4.90 Å². The van der Waals surface area contributed by atoms with Gasteiger partial charge in [0.1, 0.15) is 0 Å². The van der Waals surface area contributed by atoms with E-state index in [0.29, 0.717) is 22.3 Å². The zero-order chi connectivity index (χ0) is 14.9. The summed E-state index contributed by atoms with van der Waals surface area (Å²) >= 11 is 3.32. The minimum Gasteiger partial charge on any atom is -0.398 e. The van der Waals surface area contributed by atoms with Crippen LogP contribution in [0.15, 0.2) is 22.7 Å². The Bertz CT molecular complexity index is 547. The molecule has 1 aromatic carbocycles. The SMILES string of the molecule is CC1CCC(C(N)=O)CN1C(=O)c1ccc(N)c(Br)c1. The van der Waals surface area contributed by atoms with Gasteiger partial charge in [0.2, 0.25) is 5.91 Å². The largest absolute Gasteiger partial charge is 0.398 e. The van der Waals surface area contributed by atoms with E-state index in [-0.39, 0.29) is 23.8 Å². The third kappa shape index (κ3) is 2.95. The van der Waals surface area contributed by atoms with E-state index < -0.39 is 0 Å². The summed E-state index contributed by atoms with van der Waals surface area (Å²) < 4.78 is 0.694. The molecule has 1 aliphatic rings. The molecule has 2 unspecified atom stereocenters. The summed E-state index contributed by atoms with van der Waals surface area (Å²) in [5.41, 5.74) is 12.2. The zero-order valence-corrected chi connectivity index (χ0v) is 12.9. The maximum atomic E-state index is 12.6. The number of likely N-dealkylation sites (tertiary alicyclic amines) is 1. The van der Waals surface area contributed by atoms with Gasteiger partial charge in [0, 0.05) is 28.3 Å². The summed E-state index contributed by atoms with van der Waals surface area (Å²) in [6, 6.07) is 5.20. The molecule has 1 saturated heterocycles. The Morgan fingerprint density at radius 1 is 1.35 bits per heavy atom. The number of nitrogens with zero attached hydrogens (tertiary/aromatic N) is 1. The molecule has 1 aromatic rings. The predicted octanol–water partition coefficient (Wildman–Crippen LogP) is 1.76. The fraction of sp³-hybridized carbons (Fsp3) is 0.429. The topological polar surface area (TPSA) is 89.4 Å². The zero-order valence-electron chi connectivity index (χ0n) is 11.3. The van der Waals surface area contributed by atoms with Crippen molar-refractivity contribution in [1.29, 1.82) is 0 Å². The van der Waals surface area contributed by atoms with Gasteiger partial charge in [-0.1, -0.05) is 0 Å². The molecule has 0 radical (unpaired) electrons. The maximum absolute atomic E-state index is 12.6. The van der Waals surface area contributed by atoms with E-state index in [4.69, 9.17) is 11.5 Å². The number of carbonyl (C=O) groups is 2. The average Bonchev–Trinajstić information content (AvgIpc) is 2.41. The third-order valence-electron chi connectivity index (χ3n) is 3.79. The molecule has 0 bridgehead atoms. The summed E-state index contributed by atoms with van der Waals surface area (Å²) in [6.45, 7) is 2.37. The fourth-order valence-electron chi connectivity index (χ4n) is 2.45. The van der Waals surface area contributed by atoms with E-state index in [9.17, 15) is 9.59 Å². The van der Waals surface area contributed by atoms with Crippen LogP contribution in [0.1, 0.15) is 30.1 Å². The van der Waals surface area contributed by atoms with Gasteiger partial charge in [-0.05, 0) is 53.9 Å². The highest BCUT2D eigenvalue weighted by Gasteiger charge is 2.32. The number of hydrogen-bond acceptors (Lipinski definition) is 3. The molecule has 0 aliphatic carbocycles. The van der Waals surface area contributed by atoms with Crippen LogP contribution in [-0.4, -0.2) is 29.3 Å². The second kappa shape index (κ2) is 5.83. The van der Waals surface area contributed by atoms with Crippen molar-refractivity contribution in [3.05, 3.63) is 28.2 Å². The van der Waals surface area contributed by atoms with Crippen molar-refractivity contribution < 1.29 is 9.59 Å². The van der Waals surface area contributed by atoms with Crippen LogP contribution >= 0.6 is 15.9 Å². The Morgan fingerprint density at radius 3 is 2.65 bits per heavy atom. The first kappa shape index (κ1) is 14.8. The van der Waals surface area contributed by atoms with Gasteiger partial charge in [0.05, 0.1) is 5.92 Å². The first-order valence-corrected chi connectivity index (χ1v) is 7.34. The Labute approximate surface area is 126 Å². The highest BCUT2D eigenvalue weighted by Crippen LogP contribution is 2.26. The van der Waals surface area contributed by atoms with E-state index in [1.807, 2.05) is 6.92 Å². The van der Waals surface area contributed by atoms with Gasteiger partial charge in [-0.2, -0.15) is 0 Å². The first-order valence-electron chi connectivity index (χ1n) is 6.55. The van der Waals surface area contributed by atoms with Crippen molar-refractivity contribution in [2.24, 2.45) is 11.7 Å². The number of hydrogen-bond donors (Lipinski definition) is 2. The number of nitrogens with two attached hydrogens (primary N) is 2. The minimum absolute atomic E-state index is 0.0934. The van der Waals surface area contributed by atoms with Gasteiger partial charge < -0.3 is 16.4 Å². The van der Waals surface area contributed by atoms with Crippen molar-refractivity contribution in [2.45, 2.75) is 25.8 Å². The number of piperidine rings is 1. The molecule has 2 amide bonds. The average molecular weight is 340 g/mol. The molecule has 2 atom stereocenters. The molecule has 4 N–H and O–H groups in total. The molecule has 0 aromatic heterocycles. The van der Waals surface area contributed by atoms with Gasteiger partial charge >= 0.3 is 0 Å². The van der Waals surface area contributed by atoms with Crippen LogP contribution < -0.4 is 11.5 Å². The van der Waals surface area contributed by atoms with Crippen LogP contribution in [0, 0.1) is 5.92 Å². The van der Waals surface area contributed by atoms with E-state index in [1.54, 1.807) is 23.1 Å². The number of primary amides is 1. The summed E-state index contributed by atoms with van der Waals surface area (Å²) in [5, 5.41) is 0. The van der Waals surface area contributed by atoms with Crippen molar-refractivity contribution in [3.63, 3.8) is 0 Å². The number of amides is 2. The quantitative estimate of drug-likeness (QED) is 0.804. The first-order chi connectivity index (χ1) is 9.40. The standard InChI is InChI=1S/C14H18BrN3O2/c1-8-2-3-10(13(17)19)7-18(8)14(20)9-4-5-12(16)11(15)6-9/h4-6,8,10H,2-3,7,16H2,1H3,(H2,17,19). The second-order valence-corrected chi connectivity index (χ2v) is 6.07. The molecule has 108 valence electrons. The molecule has 6 heteroatoms. The Balaban J connectivity index is 2.21. The molecular weight excluding hydrogens is 322 g/mol. The van der Waals surface area contributed by atoms with Gasteiger partial charge in [-0.15, -0.1) is 0 Å². The molecule has 1 heterocycles. The van der Waals surface area contributed by atoms with Crippen LogP contribution in [0.4, 0.5) is 5.69 Å². The number of halogens is 1. The van der Waals surface area contributed by atoms with Gasteiger partial charge in [0.25, 0.3) is 5.91 Å². The van der Waals surface area contributed by atoms with Crippen LogP contribution in [0.5, 0.6) is 0 Å². The molecule has 20 heavy (non-hydrogen) atoms. The molecule has 2 rings (SSSR count). The normalized spacial score (nSPS) is 22.6. The molecule has 5 nitrogen and oxygen atoms in total. The Hall–Kier alpha value is -1.56. The summed E-state index contributed by atoms with van der Waals surface area (Å²) in [5.74, 6) is -0.690. The van der Waals surface area contributed by atoms with Crippen molar-refractivity contribution in [2.75, 3.05) is 12.3 Å². The summed E-state index contributed by atoms with van der Waals surface area (Å²) in [7, 11) is 0. The van der Waals surface area contributed by atoms with Crippen LogP contribution in [0.25, 0.3) is 0 Å². The second-order valence-electron chi connectivity index (χ2n) is 5.22. The third-order valence-corrected chi connectivity index (χ3v) is 4.48. The van der Waals surface area contributed by atoms with E-state index in [2.05, 4.69) is 15.9 Å². The number of anilines is 1. The molecular formula is C14H18BrN3O2. The summed E-state index contributed by atoms with van der Waals surface area (Å²) in [6.07, 6.45) is 1.53. The predicted molar refractivity (Wildman–Crippen MR) is 81.0 cm³/mol. The van der Waals surface area contributed by atoms with Gasteiger partial charge in [0.15, 0.2) is 0 Å². The Kier molecular flexibility index (Phi) is 4.32. The van der Waals surface area contributed by atoms with Crippen molar-refractivity contribution in [3.8, 4) is 0 Å². The molecule has 0 saturated carbocycles. The molecule has 0 spiro atoms. The summed E-state index contributed by atoms with van der Waals surface area (Å²) in [4.78, 5) is 25.6. The number of carbonyl (C=O) groups excluding carboxylic acids is 2. The van der Waals surface area contributed by atoms with Crippen molar-refractivity contribution >= 4 is 33.4 Å². The highest BCUT2D eigenvalue weighted by molar-refractivity contribution is 9.10. The van der Waals surface area contributed by atoms with E-state index >= 15 is 0 Å². The number of nitrogen functional groups attached to an aromatic ring is 1. The molecule has 1 fully saturated rings. The number of rotatable bonds is 2. The maximum Gasteiger partial charge on any atom is 0.254 e. The lowest BCUT2D eigenvalue weighted by Crippen LogP contribution is -2.48. The number of benzene rings is 1. The molecule has 1 aliphatic heterocycles. The fourth-order valence-corrected chi connectivity index (χ4v) is 2.83.